The number of nitrogens with one attached hydrogen (secondary N) is 1. The maximum absolute atomic E-state index is 11.8. The summed E-state index contributed by atoms with van der Waals surface area (Å²) in [6.45, 7) is 1.65. The Morgan fingerprint density at radius 1 is 1.41 bits per heavy atom. The minimum atomic E-state index is -0.575. The van der Waals surface area contributed by atoms with Crippen LogP contribution in [0.2, 0.25) is 0 Å². The van der Waals surface area contributed by atoms with Gasteiger partial charge in [0.2, 0.25) is 5.88 Å². The number of hydrogen-bond donors (Lipinski definition) is 2. The second kappa shape index (κ2) is 4.69. The predicted octanol–water partition coefficient (Wildman–Crippen LogP) is 1.82. The van der Waals surface area contributed by atoms with E-state index in [-0.39, 0.29) is 5.88 Å². The summed E-state index contributed by atoms with van der Waals surface area (Å²) in [6.07, 6.45) is 1.48. The van der Waals surface area contributed by atoms with Crippen molar-refractivity contribution in [3.8, 4) is 11.6 Å². The standard InChI is InChI=1S/C12H12N2O3/c1-8(10-7-13-14-11(10)15)12(16)17-9-5-3-2-4-6-9/h2-8H,1H3,(H2,13,14,15). The third kappa shape index (κ3) is 2.44. The van der Waals surface area contributed by atoms with Gasteiger partial charge in [0, 0.05) is 11.8 Å². The highest BCUT2D eigenvalue weighted by atomic mass is 16.5. The fourth-order valence-electron chi connectivity index (χ4n) is 1.43. The van der Waals surface area contributed by atoms with Gasteiger partial charge in [0.25, 0.3) is 0 Å². The summed E-state index contributed by atoms with van der Waals surface area (Å²) in [5.74, 6) is -0.711. The Morgan fingerprint density at radius 2 is 2.12 bits per heavy atom. The zero-order chi connectivity index (χ0) is 12.3. The third-order valence-electron chi connectivity index (χ3n) is 2.43. The SMILES string of the molecule is CC(C(=O)Oc1ccccc1)c1c[nH]nc1O. The molecule has 5 heteroatoms. The van der Waals surface area contributed by atoms with Crippen LogP contribution < -0.4 is 4.74 Å². The number of para-hydroxylation sites is 1. The third-order valence-corrected chi connectivity index (χ3v) is 2.43. The first-order valence-electron chi connectivity index (χ1n) is 5.18. The second-order valence-corrected chi connectivity index (χ2v) is 3.62. The molecule has 2 N–H and O–H groups in total. The van der Waals surface area contributed by atoms with Crippen LogP contribution in [-0.4, -0.2) is 21.3 Å². The number of hydrogen-bond acceptors (Lipinski definition) is 4. The molecule has 1 heterocycles. The zero-order valence-electron chi connectivity index (χ0n) is 9.25. The monoisotopic (exact) mass is 232 g/mol. The summed E-state index contributed by atoms with van der Waals surface area (Å²) in [5.41, 5.74) is 0.422. The summed E-state index contributed by atoms with van der Waals surface area (Å²) in [4.78, 5) is 11.8. The van der Waals surface area contributed by atoms with Crippen LogP contribution in [0.1, 0.15) is 18.4 Å². The molecule has 0 radical (unpaired) electrons. The molecule has 1 unspecified atom stereocenters. The second-order valence-electron chi connectivity index (χ2n) is 3.62. The summed E-state index contributed by atoms with van der Waals surface area (Å²) in [6, 6.07) is 8.79. The molecule has 0 amide bonds. The molecule has 1 atom stereocenters. The maximum atomic E-state index is 11.8. The first kappa shape index (κ1) is 11.2. The van der Waals surface area contributed by atoms with E-state index in [4.69, 9.17) is 4.74 Å². The van der Waals surface area contributed by atoms with Crippen molar-refractivity contribution in [2.45, 2.75) is 12.8 Å². The van der Waals surface area contributed by atoms with Crippen molar-refractivity contribution < 1.29 is 14.6 Å². The fraction of sp³-hybridized carbons (Fsp3) is 0.167. The molecule has 2 aromatic rings. The van der Waals surface area contributed by atoms with Crippen LogP contribution in [0.5, 0.6) is 11.6 Å². The first-order valence-corrected chi connectivity index (χ1v) is 5.18. The average Bonchev–Trinajstić information content (AvgIpc) is 2.76. The molecule has 0 aliphatic carbocycles. The predicted molar refractivity (Wildman–Crippen MR) is 60.7 cm³/mol. The number of H-pyrrole nitrogens is 1. The summed E-state index contributed by atoms with van der Waals surface area (Å²) in [5, 5.41) is 15.4. The number of carbonyl (C=O) groups excluding carboxylic acids is 1. The molecule has 0 aliphatic heterocycles. The van der Waals surface area contributed by atoms with E-state index in [0.717, 1.165) is 0 Å². The van der Waals surface area contributed by atoms with Crippen molar-refractivity contribution in [3.05, 3.63) is 42.1 Å². The van der Waals surface area contributed by atoms with Crippen LogP contribution in [-0.2, 0) is 4.79 Å². The van der Waals surface area contributed by atoms with Gasteiger partial charge in [0.1, 0.15) is 5.75 Å². The highest BCUT2D eigenvalue weighted by molar-refractivity contribution is 5.80. The number of aromatic hydroxyl groups is 1. The Bertz CT molecular complexity index is 507. The Morgan fingerprint density at radius 3 is 2.71 bits per heavy atom. The lowest BCUT2D eigenvalue weighted by Gasteiger charge is -2.09. The van der Waals surface area contributed by atoms with Gasteiger partial charge in [0.05, 0.1) is 5.92 Å². The van der Waals surface area contributed by atoms with Gasteiger partial charge in [-0.1, -0.05) is 18.2 Å². The topological polar surface area (TPSA) is 75.2 Å². The number of aromatic amines is 1. The van der Waals surface area contributed by atoms with Gasteiger partial charge in [-0.25, -0.2) is 0 Å². The van der Waals surface area contributed by atoms with Gasteiger partial charge in [-0.15, -0.1) is 5.10 Å². The highest BCUT2D eigenvalue weighted by Gasteiger charge is 2.22. The lowest BCUT2D eigenvalue weighted by atomic mass is 10.1. The minimum Gasteiger partial charge on any atom is -0.492 e. The molecule has 88 valence electrons. The summed E-state index contributed by atoms with van der Waals surface area (Å²) < 4.78 is 5.16. The normalized spacial score (nSPS) is 12.1. The van der Waals surface area contributed by atoms with Crippen molar-refractivity contribution in [1.82, 2.24) is 10.2 Å². The molecule has 0 saturated carbocycles. The molecule has 0 fully saturated rings. The van der Waals surface area contributed by atoms with Gasteiger partial charge in [-0.05, 0) is 19.1 Å². The van der Waals surface area contributed by atoms with E-state index < -0.39 is 11.9 Å². The van der Waals surface area contributed by atoms with E-state index in [9.17, 15) is 9.90 Å². The molecular formula is C12H12N2O3. The van der Waals surface area contributed by atoms with E-state index in [1.54, 1.807) is 31.2 Å². The Labute approximate surface area is 98.0 Å². The van der Waals surface area contributed by atoms with Crippen LogP contribution in [0.25, 0.3) is 0 Å². The molecule has 0 saturated heterocycles. The van der Waals surface area contributed by atoms with Crippen LogP contribution in [0.15, 0.2) is 36.5 Å². The number of nitrogens with zero attached hydrogens (tertiary/aromatic N) is 1. The highest BCUT2D eigenvalue weighted by Crippen LogP contribution is 2.24. The lowest BCUT2D eigenvalue weighted by Crippen LogP contribution is -2.15. The molecular weight excluding hydrogens is 220 g/mol. The number of ether oxygens (including phenoxy) is 1. The molecule has 2 rings (SSSR count). The maximum Gasteiger partial charge on any atom is 0.318 e. The smallest absolute Gasteiger partial charge is 0.318 e. The Kier molecular flexibility index (Phi) is 3.09. The van der Waals surface area contributed by atoms with Gasteiger partial charge in [-0.2, -0.15) is 0 Å². The van der Waals surface area contributed by atoms with E-state index in [1.807, 2.05) is 6.07 Å². The van der Waals surface area contributed by atoms with Gasteiger partial charge >= 0.3 is 5.97 Å². The number of rotatable bonds is 3. The summed E-state index contributed by atoms with van der Waals surface area (Å²) in [7, 11) is 0. The van der Waals surface area contributed by atoms with Gasteiger partial charge < -0.3 is 9.84 Å². The Hall–Kier alpha value is -2.30. The minimum absolute atomic E-state index is 0.178. The number of carbonyl (C=O) groups is 1. The van der Waals surface area contributed by atoms with Crippen LogP contribution in [0.3, 0.4) is 0 Å². The Balaban J connectivity index is 2.09. The van der Waals surface area contributed by atoms with Gasteiger partial charge in [0.15, 0.2) is 0 Å². The fourth-order valence-corrected chi connectivity index (χ4v) is 1.43. The number of benzene rings is 1. The van der Waals surface area contributed by atoms with Crippen molar-refractivity contribution in [2.75, 3.05) is 0 Å². The molecule has 1 aromatic carbocycles. The zero-order valence-corrected chi connectivity index (χ0v) is 9.25. The van der Waals surface area contributed by atoms with Crippen molar-refractivity contribution >= 4 is 5.97 Å². The van der Waals surface area contributed by atoms with Crippen molar-refractivity contribution in [2.24, 2.45) is 0 Å². The lowest BCUT2D eigenvalue weighted by molar-refractivity contribution is -0.135. The van der Waals surface area contributed by atoms with E-state index >= 15 is 0 Å². The summed E-state index contributed by atoms with van der Waals surface area (Å²) >= 11 is 0. The largest absolute Gasteiger partial charge is 0.492 e. The van der Waals surface area contributed by atoms with Crippen LogP contribution in [0, 0.1) is 0 Å². The van der Waals surface area contributed by atoms with Crippen molar-refractivity contribution in [3.63, 3.8) is 0 Å². The number of aromatic nitrogens is 2. The quantitative estimate of drug-likeness (QED) is 0.625. The molecule has 1 aromatic heterocycles. The van der Waals surface area contributed by atoms with Gasteiger partial charge in [-0.3, -0.25) is 9.89 Å². The molecule has 0 spiro atoms. The average molecular weight is 232 g/mol. The van der Waals surface area contributed by atoms with Crippen molar-refractivity contribution in [1.29, 1.82) is 0 Å². The number of esters is 1. The van der Waals surface area contributed by atoms with Crippen LogP contribution in [0.4, 0.5) is 0 Å². The molecule has 17 heavy (non-hydrogen) atoms. The molecule has 0 bridgehead atoms. The van der Waals surface area contributed by atoms with E-state index in [1.165, 1.54) is 6.20 Å². The molecule has 5 nitrogen and oxygen atoms in total. The first-order chi connectivity index (χ1) is 8.18. The van der Waals surface area contributed by atoms with E-state index in [0.29, 0.717) is 11.3 Å². The van der Waals surface area contributed by atoms with Crippen LogP contribution >= 0.6 is 0 Å². The molecule has 0 aliphatic rings. The van der Waals surface area contributed by atoms with E-state index in [2.05, 4.69) is 10.2 Å².